The molecule has 1 aromatic carbocycles. The predicted octanol–water partition coefficient (Wildman–Crippen LogP) is -0.652. The molecule has 0 aliphatic carbocycles. The highest BCUT2D eigenvalue weighted by molar-refractivity contribution is 7.88. The summed E-state index contributed by atoms with van der Waals surface area (Å²) in [6, 6.07) is 5.23. The lowest BCUT2D eigenvalue weighted by molar-refractivity contribution is -0.119. The van der Waals surface area contributed by atoms with Crippen LogP contribution < -0.4 is 15.8 Å². The fraction of sp³-hybridized carbons (Fsp3) is 0.200. The van der Waals surface area contributed by atoms with Crippen molar-refractivity contribution < 1.29 is 13.2 Å². The molecule has 0 saturated heterocycles. The van der Waals surface area contributed by atoms with Crippen LogP contribution in [-0.2, 0) is 20.5 Å². The number of aryl methyl sites for hydroxylation is 1. The summed E-state index contributed by atoms with van der Waals surface area (Å²) in [4.78, 5) is 12.1. The summed E-state index contributed by atoms with van der Waals surface area (Å²) in [6.45, 7) is 1.84. The van der Waals surface area contributed by atoms with E-state index in [0.29, 0.717) is 11.3 Å². The Morgan fingerprint density at radius 3 is 2.72 bits per heavy atom. The molecule has 4 N–H and O–H groups in total. The minimum Gasteiger partial charge on any atom is -0.384 e. The number of anilines is 1. The molecule has 2 aliphatic rings. The van der Waals surface area contributed by atoms with Crippen molar-refractivity contribution in [2.75, 3.05) is 5.32 Å². The molecular formula is C10H10N4O3S. The molecule has 2 heterocycles. The molecular weight excluding hydrogens is 256 g/mol. The van der Waals surface area contributed by atoms with Gasteiger partial charge < -0.3 is 11.1 Å². The van der Waals surface area contributed by atoms with Crippen LogP contribution in [-0.4, -0.2) is 20.2 Å². The summed E-state index contributed by atoms with van der Waals surface area (Å²) >= 11 is 0. The standard InChI is InChI=1S/C10H10N4O3S/c1-5-2-3-7-6(4-5)10(9(15)12-7)8(11)13-18(16,17)14-10/h2-4,14H,1H3,(H2,11,13)(H,12,15). The molecule has 2 aliphatic heterocycles. The first kappa shape index (κ1) is 11.2. The lowest BCUT2D eigenvalue weighted by Crippen LogP contribution is -2.53. The molecule has 1 unspecified atom stereocenters. The molecule has 1 spiro atoms. The molecule has 8 heteroatoms. The fourth-order valence-electron chi connectivity index (χ4n) is 2.24. The summed E-state index contributed by atoms with van der Waals surface area (Å²) in [5.41, 5.74) is 5.97. The maximum atomic E-state index is 12.1. The van der Waals surface area contributed by atoms with Crippen LogP contribution in [0, 0.1) is 6.92 Å². The summed E-state index contributed by atoms with van der Waals surface area (Å²) in [5.74, 6) is -0.797. The first-order chi connectivity index (χ1) is 8.35. The molecule has 0 bridgehead atoms. The Kier molecular flexibility index (Phi) is 1.92. The molecule has 0 aromatic heterocycles. The van der Waals surface area contributed by atoms with Gasteiger partial charge in [0.1, 0.15) is 5.84 Å². The van der Waals surface area contributed by atoms with E-state index in [1.807, 2.05) is 13.0 Å². The third-order valence-corrected chi connectivity index (χ3v) is 4.05. The second-order valence-corrected chi connectivity index (χ2v) is 5.64. The maximum absolute atomic E-state index is 12.1. The van der Waals surface area contributed by atoms with Crippen LogP contribution in [0.3, 0.4) is 0 Å². The molecule has 3 rings (SSSR count). The highest BCUT2D eigenvalue weighted by atomic mass is 32.2. The number of nitrogens with one attached hydrogen (secondary N) is 2. The van der Waals surface area contributed by atoms with E-state index in [1.165, 1.54) is 0 Å². The van der Waals surface area contributed by atoms with Gasteiger partial charge in [0.2, 0.25) is 0 Å². The molecule has 7 nitrogen and oxygen atoms in total. The number of rotatable bonds is 0. The van der Waals surface area contributed by atoms with Crippen molar-refractivity contribution >= 4 is 27.6 Å². The quantitative estimate of drug-likeness (QED) is 0.578. The number of hydrogen-bond donors (Lipinski definition) is 3. The van der Waals surface area contributed by atoms with E-state index in [1.54, 1.807) is 12.1 Å². The Morgan fingerprint density at radius 1 is 1.39 bits per heavy atom. The molecule has 1 amide bonds. The van der Waals surface area contributed by atoms with Gasteiger partial charge in [-0.2, -0.15) is 13.1 Å². The topological polar surface area (TPSA) is 114 Å². The van der Waals surface area contributed by atoms with Gasteiger partial charge in [0, 0.05) is 11.3 Å². The molecule has 18 heavy (non-hydrogen) atoms. The Morgan fingerprint density at radius 2 is 2.11 bits per heavy atom. The average molecular weight is 266 g/mol. The van der Waals surface area contributed by atoms with Gasteiger partial charge in [-0.3, -0.25) is 4.79 Å². The van der Waals surface area contributed by atoms with Crippen molar-refractivity contribution in [3.8, 4) is 0 Å². The van der Waals surface area contributed by atoms with E-state index in [2.05, 4.69) is 14.4 Å². The van der Waals surface area contributed by atoms with E-state index < -0.39 is 21.7 Å². The number of amides is 1. The van der Waals surface area contributed by atoms with Crippen LogP contribution in [0.4, 0.5) is 5.69 Å². The van der Waals surface area contributed by atoms with Gasteiger partial charge in [0.25, 0.3) is 5.91 Å². The van der Waals surface area contributed by atoms with Crippen molar-refractivity contribution in [2.24, 2.45) is 10.1 Å². The summed E-state index contributed by atoms with van der Waals surface area (Å²) in [6.07, 6.45) is 0. The fourth-order valence-corrected chi connectivity index (χ4v) is 3.37. The van der Waals surface area contributed by atoms with E-state index in [4.69, 9.17) is 5.73 Å². The van der Waals surface area contributed by atoms with Crippen LogP contribution in [0.25, 0.3) is 0 Å². The SMILES string of the molecule is Cc1ccc2c(c1)C1(NS(=O)(=O)N=C1N)C(=O)N2. The van der Waals surface area contributed by atoms with Crippen molar-refractivity contribution in [3.05, 3.63) is 29.3 Å². The van der Waals surface area contributed by atoms with Gasteiger partial charge in [-0.05, 0) is 13.0 Å². The third kappa shape index (κ3) is 1.24. The second kappa shape index (κ2) is 3.09. The molecule has 94 valence electrons. The molecule has 0 fully saturated rings. The van der Waals surface area contributed by atoms with Gasteiger partial charge in [-0.25, -0.2) is 0 Å². The van der Waals surface area contributed by atoms with E-state index in [-0.39, 0.29) is 5.84 Å². The zero-order chi connectivity index (χ0) is 13.1. The maximum Gasteiger partial charge on any atom is 0.323 e. The Bertz CT molecular complexity index is 710. The van der Waals surface area contributed by atoms with E-state index in [9.17, 15) is 13.2 Å². The minimum atomic E-state index is -3.92. The van der Waals surface area contributed by atoms with Gasteiger partial charge >= 0.3 is 10.2 Å². The Hall–Kier alpha value is -1.93. The first-order valence-corrected chi connectivity index (χ1v) is 6.61. The minimum absolute atomic E-state index is 0.260. The number of carbonyl (C=O) groups excluding carboxylic acids is 1. The molecule has 0 saturated carbocycles. The van der Waals surface area contributed by atoms with Gasteiger partial charge in [-0.1, -0.05) is 17.7 Å². The highest BCUT2D eigenvalue weighted by Crippen LogP contribution is 2.39. The summed E-state index contributed by atoms with van der Waals surface area (Å²) in [5, 5.41) is 2.60. The molecule has 1 atom stereocenters. The number of fused-ring (bicyclic) bond motifs is 2. The van der Waals surface area contributed by atoms with Crippen LogP contribution in [0.2, 0.25) is 0 Å². The number of nitrogens with two attached hydrogens (primary N) is 1. The van der Waals surface area contributed by atoms with E-state index in [0.717, 1.165) is 5.56 Å². The molecule has 1 aromatic rings. The van der Waals surface area contributed by atoms with Crippen molar-refractivity contribution in [1.29, 1.82) is 0 Å². The zero-order valence-corrected chi connectivity index (χ0v) is 10.2. The smallest absolute Gasteiger partial charge is 0.323 e. The number of benzene rings is 1. The van der Waals surface area contributed by atoms with Crippen LogP contribution in [0.5, 0.6) is 0 Å². The summed E-state index contributed by atoms with van der Waals surface area (Å²) < 4.78 is 28.5. The van der Waals surface area contributed by atoms with Crippen LogP contribution in [0.1, 0.15) is 11.1 Å². The lowest BCUT2D eigenvalue weighted by atomic mass is 9.90. The van der Waals surface area contributed by atoms with Crippen molar-refractivity contribution in [2.45, 2.75) is 12.5 Å². The van der Waals surface area contributed by atoms with Crippen LogP contribution in [0.15, 0.2) is 22.6 Å². The summed E-state index contributed by atoms with van der Waals surface area (Å²) in [7, 11) is -3.92. The largest absolute Gasteiger partial charge is 0.384 e. The molecule has 0 radical (unpaired) electrons. The number of nitrogens with zero attached hydrogens (tertiary/aromatic N) is 1. The number of carbonyl (C=O) groups is 1. The third-order valence-electron chi connectivity index (χ3n) is 3.05. The lowest BCUT2D eigenvalue weighted by Gasteiger charge is -2.20. The van der Waals surface area contributed by atoms with Gasteiger partial charge in [0.05, 0.1) is 0 Å². The Balaban J connectivity index is 2.30. The van der Waals surface area contributed by atoms with Crippen molar-refractivity contribution in [1.82, 2.24) is 4.72 Å². The number of hydrogen-bond acceptors (Lipinski definition) is 4. The van der Waals surface area contributed by atoms with Crippen LogP contribution >= 0.6 is 0 Å². The second-order valence-electron chi connectivity index (χ2n) is 4.31. The normalized spacial score (nSPS) is 28.1. The van der Waals surface area contributed by atoms with Gasteiger partial charge in [0.15, 0.2) is 5.54 Å². The Labute approximate surface area is 103 Å². The zero-order valence-electron chi connectivity index (χ0n) is 9.39. The van der Waals surface area contributed by atoms with Gasteiger partial charge in [-0.15, -0.1) is 4.40 Å². The average Bonchev–Trinajstić information content (AvgIpc) is 2.66. The monoisotopic (exact) mass is 266 g/mol. The first-order valence-electron chi connectivity index (χ1n) is 5.17. The van der Waals surface area contributed by atoms with Crippen molar-refractivity contribution in [3.63, 3.8) is 0 Å². The van der Waals surface area contributed by atoms with E-state index >= 15 is 0 Å². The number of amidine groups is 1. The predicted molar refractivity (Wildman–Crippen MR) is 65.2 cm³/mol. The highest BCUT2D eigenvalue weighted by Gasteiger charge is 2.56.